The maximum Gasteiger partial charge on any atom is 0.246 e. The third-order valence-electron chi connectivity index (χ3n) is 3.52. The minimum atomic E-state index is -3.36. The Morgan fingerprint density at radius 1 is 1.45 bits per heavy atom. The van der Waals surface area contributed by atoms with Gasteiger partial charge in [-0.3, -0.25) is 4.68 Å². The van der Waals surface area contributed by atoms with E-state index in [1.807, 2.05) is 0 Å². The van der Waals surface area contributed by atoms with Crippen LogP contribution in [0.3, 0.4) is 0 Å². The number of aryl methyl sites for hydroxylation is 1. The van der Waals surface area contributed by atoms with Crippen molar-refractivity contribution in [2.45, 2.75) is 50.1 Å². The average Bonchev–Trinajstić information content (AvgIpc) is 3.16. The van der Waals surface area contributed by atoms with Gasteiger partial charge in [0.15, 0.2) is 0 Å². The fourth-order valence-corrected chi connectivity index (χ4v) is 3.44. The van der Waals surface area contributed by atoms with E-state index in [2.05, 4.69) is 17.3 Å². The Hall–Kier alpha value is -0.920. The van der Waals surface area contributed by atoms with Crippen molar-refractivity contribution >= 4 is 10.0 Å². The number of aromatic nitrogens is 2. The van der Waals surface area contributed by atoms with Crippen molar-refractivity contribution in [1.29, 1.82) is 0 Å². The Morgan fingerprint density at radius 2 is 2.20 bits per heavy atom. The molecular formula is C13H24N4O2S. The highest BCUT2D eigenvalue weighted by Crippen LogP contribution is 2.30. The molecule has 1 fully saturated rings. The van der Waals surface area contributed by atoms with Crippen LogP contribution in [-0.4, -0.2) is 48.7 Å². The molecule has 7 heteroatoms. The van der Waals surface area contributed by atoms with Gasteiger partial charge in [0.25, 0.3) is 0 Å². The lowest BCUT2D eigenvalue weighted by Crippen LogP contribution is -2.28. The van der Waals surface area contributed by atoms with Gasteiger partial charge in [0.05, 0.1) is 6.20 Å². The summed E-state index contributed by atoms with van der Waals surface area (Å²) in [6.45, 7) is 4.82. The molecule has 0 aliphatic heterocycles. The van der Waals surface area contributed by atoms with Crippen molar-refractivity contribution in [2.75, 3.05) is 20.1 Å². The molecule has 20 heavy (non-hydrogen) atoms. The van der Waals surface area contributed by atoms with Gasteiger partial charge in [-0.1, -0.05) is 6.92 Å². The predicted molar refractivity (Wildman–Crippen MR) is 78.0 cm³/mol. The van der Waals surface area contributed by atoms with Crippen molar-refractivity contribution < 1.29 is 8.42 Å². The molecule has 0 saturated heterocycles. The summed E-state index contributed by atoms with van der Waals surface area (Å²) in [6, 6.07) is 0.182. The number of rotatable bonds is 9. The average molecular weight is 300 g/mol. The number of sulfonamides is 1. The molecule has 1 N–H and O–H groups in total. The van der Waals surface area contributed by atoms with Crippen molar-refractivity contribution in [3.8, 4) is 0 Å². The molecule has 1 saturated carbocycles. The van der Waals surface area contributed by atoms with Crippen molar-refractivity contribution in [2.24, 2.45) is 0 Å². The molecule has 0 atom stereocenters. The topological polar surface area (TPSA) is 67.2 Å². The van der Waals surface area contributed by atoms with E-state index in [1.165, 1.54) is 10.5 Å². The van der Waals surface area contributed by atoms with E-state index in [0.29, 0.717) is 4.90 Å². The second-order valence-electron chi connectivity index (χ2n) is 5.30. The van der Waals surface area contributed by atoms with E-state index in [0.717, 1.165) is 45.3 Å². The molecule has 0 radical (unpaired) electrons. The van der Waals surface area contributed by atoms with Gasteiger partial charge in [-0.2, -0.15) is 9.40 Å². The van der Waals surface area contributed by atoms with E-state index in [4.69, 9.17) is 0 Å². The summed E-state index contributed by atoms with van der Waals surface area (Å²) < 4.78 is 27.8. The molecule has 0 spiro atoms. The minimum absolute atomic E-state index is 0.182. The Balaban J connectivity index is 1.88. The van der Waals surface area contributed by atoms with Gasteiger partial charge in [-0.25, -0.2) is 8.42 Å². The Morgan fingerprint density at radius 3 is 2.85 bits per heavy atom. The molecule has 6 nitrogen and oxygen atoms in total. The molecule has 2 rings (SSSR count). The van der Waals surface area contributed by atoms with Gasteiger partial charge in [-0.15, -0.1) is 0 Å². The SMILES string of the molecule is CCCNCCCn1cc(S(=O)(=O)N(C)C2CC2)cn1. The van der Waals surface area contributed by atoms with Gasteiger partial charge < -0.3 is 5.32 Å². The fourth-order valence-electron chi connectivity index (χ4n) is 2.07. The molecule has 1 heterocycles. The maximum absolute atomic E-state index is 12.3. The third-order valence-corrected chi connectivity index (χ3v) is 5.38. The molecular weight excluding hydrogens is 276 g/mol. The fraction of sp³-hybridized carbons (Fsp3) is 0.769. The number of hydrogen-bond acceptors (Lipinski definition) is 4. The summed E-state index contributed by atoms with van der Waals surface area (Å²) in [6.07, 6.45) is 7.08. The van der Waals surface area contributed by atoms with Crippen LogP contribution in [0.4, 0.5) is 0 Å². The van der Waals surface area contributed by atoms with Crippen LogP contribution in [0.25, 0.3) is 0 Å². The first-order valence-corrected chi connectivity index (χ1v) is 8.71. The summed E-state index contributed by atoms with van der Waals surface area (Å²) in [7, 11) is -1.71. The second-order valence-corrected chi connectivity index (χ2v) is 7.29. The normalized spacial score (nSPS) is 15.9. The van der Waals surface area contributed by atoms with Crippen LogP contribution in [0, 0.1) is 0 Å². The quantitative estimate of drug-likeness (QED) is 0.692. The van der Waals surface area contributed by atoms with E-state index < -0.39 is 10.0 Å². The van der Waals surface area contributed by atoms with Crippen LogP contribution in [0.15, 0.2) is 17.3 Å². The van der Waals surface area contributed by atoms with Crippen LogP contribution < -0.4 is 5.32 Å². The van der Waals surface area contributed by atoms with Gasteiger partial charge in [0.1, 0.15) is 4.90 Å². The summed E-state index contributed by atoms with van der Waals surface area (Å²) in [5.74, 6) is 0. The zero-order valence-corrected chi connectivity index (χ0v) is 13.1. The van der Waals surface area contributed by atoms with Crippen LogP contribution in [0.5, 0.6) is 0 Å². The molecule has 1 aromatic rings. The van der Waals surface area contributed by atoms with E-state index in [9.17, 15) is 8.42 Å². The molecule has 1 aliphatic rings. The summed E-state index contributed by atoms with van der Waals surface area (Å²) in [5.41, 5.74) is 0. The lowest BCUT2D eigenvalue weighted by Gasteiger charge is -2.14. The number of nitrogens with zero attached hydrogens (tertiary/aromatic N) is 3. The molecule has 1 aliphatic carbocycles. The van der Waals surface area contributed by atoms with E-state index in [-0.39, 0.29) is 6.04 Å². The highest BCUT2D eigenvalue weighted by atomic mass is 32.2. The van der Waals surface area contributed by atoms with Gasteiger partial charge >= 0.3 is 0 Å². The van der Waals surface area contributed by atoms with Crippen LogP contribution in [0.1, 0.15) is 32.6 Å². The molecule has 0 amide bonds. The van der Waals surface area contributed by atoms with Crippen LogP contribution in [0.2, 0.25) is 0 Å². The zero-order chi connectivity index (χ0) is 14.6. The van der Waals surface area contributed by atoms with Crippen molar-refractivity contribution in [3.63, 3.8) is 0 Å². The first-order valence-electron chi connectivity index (χ1n) is 7.27. The third kappa shape index (κ3) is 3.80. The van der Waals surface area contributed by atoms with Crippen LogP contribution >= 0.6 is 0 Å². The van der Waals surface area contributed by atoms with E-state index in [1.54, 1.807) is 17.9 Å². The molecule has 0 aromatic carbocycles. The van der Waals surface area contributed by atoms with Crippen molar-refractivity contribution in [1.82, 2.24) is 19.4 Å². The summed E-state index contributed by atoms with van der Waals surface area (Å²) in [4.78, 5) is 0.299. The number of hydrogen-bond donors (Lipinski definition) is 1. The van der Waals surface area contributed by atoms with Crippen LogP contribution in [-0.2, 0) is 16.6 Å². The molecule has 0 unspecified atom stereocenters. The lowest BCUT2D eigenvalue weighted by molar-refractivity contribution is 0.464. The van der Waals surface area contributed by atoms with Crippen molar-refractivity contribution in [3.05, 3.63) is 12.4 Å². The first-order chi connectivity index (χ1) is 9.55. The largest absolute Gasteiger partial charge is 0.317 e. The standard InChI is InChI=1S/C13H24N4O2S/c1-3-7-14-8-4-9-17-11-13(10-15-17)20(18,19)16(2)12-5-6-12/h10-12,14H,3-9H2,1-2H3. The maximum atomic E-state index is 12.3. The monoisotopic (exact) mass is 300 g/mol. The summed E-state index contributed by atoms with van der Waals surface area (Å²) >= 11 is 0. The number of nitrogens with one attached hydrogen (secondary N) is 1. The minimum Gasteiger partial charge on any atom is -0.317 e. The van der Waals surface area contributed by atoms with E-state index >= 15 is 0 Å². The Bertz CT molecular complexity index is 522. The molecule has 0 bridgehead atoms. The summed E-state index contributed by atoms with van der Waals surface area (Å²) in [5, 5.41) is 7.46. The Labute approximate surface area is 121 Å². The molecule has 1 aromatic heterocycles. The smallest absolute Gasteiger partial charge is 0.246 e. The van der Waals surface area contributed by atoms with Gasteiger partial charge in [-0.05, 0) is 38.8 Å². The predicted octanol–water partition coefficient (Wildman–Crippen LogP) is 1.06. The Kier molecular flexibility index (Phi) is 5.17. The highest BCUT2D eigenvalue weighted by molar-refractivity contribution is 7.89. The molecule has 114 valence electrons. The highest BCUT2D eigenvalue weighted by Gasteiger charge is 2.35. The first kappa shape index (κ1) is 15.5. The second kappa shape index (κ2) is 6.69. The van der Waals surface area contributed by atoms with Gasteiger partial charge in [0.2, 0.25) is 10.0 Å². The zero-order valence-electron chi connectivity index (χ0n) is 12.2. The van der Waals surface area contributed by atoms with Gasteiger partial charge in [0, 0.05) is 25.8 Å². The lowest BCUT2D eigenvalue weighted by atomic mass is 10.4.